The molecule has 62 heavy (non-hydrogen) atoms. The molecule has 0 heterocycles. The van der Waals surface area contributed by atoms with E-state index < -0.39 is 17.7 Å². The minimum Gasteiger partial charge on any atom is -0.322 e. The molecule has 0 aliphatic rings. The molecular weight excluding hydrogens is 781 g/mol. The minimum atomic E-state index is -0.600. The van der Waals surface area contributed by atoms with Gasteiger partial charge in [0.25, 0.3) is 35.4 Å². The number of carbonyl (C=O) groups is 6. The summed E-state index contributed by atoms with van der Waals surface area (Å²) in [5.41, 5.74) is 4.28. The molecule has 7 aromatic carbocycles. The second-order valence-corrected chi connectivity index (χ2v) is 13.4. The van der Waals surface area contributed by atoms with E-state index in [0.717, 1.165) is 0 Å². The molecule has 0 fully saturated rings. The van der Waals surface area contributed by atoms with Crippen molar-refractivity contribution in [2.75, 3.05) is 31.9 Å². The predicted octanol–water partition coefficient (Wildman–Crippen LogP) is 10.7. The lowest BCUT2D eigenvalue weighted by Crippen LogP contribution is -2.19. The van der Waals surface area contributed by atoms with Crippen LogP contribution in [0, 0.1) is 0 Å². The second-order valence-electron chi connectivity index (χ2n) is 13.4. The average molecular weight is 827 g/mol. The maximum absolute atomic E-state index is 13.7. The first kappa shape index (κ1) is 43.0. The van der Waals surface area contributed by atoms with Crippen molar-refractivity contribution in [1.82, 2.24) is 0 Å². The van der Waals surface area contributed by atoms with Gasteiger partial charge in [-0.2, -0.15) is 0 Å². The molecule has 7 aromatic rings. The van der Waals surface area contributed by atoms with E-state index in [9.17, 15) is 28.8 Å². The highest BCUT2D eigenvalue weighted by atomic mass is 16.2. The summed E-state index contributed by atoms with van der Waals surface area (Å²) in [6.07, 6.45) is 0. The van der Waals surface area contributed by atoms with E-state index in [4.69, 9.17) is 0 Å². The van der Waals surface area contributed by atoms with Crippen LogP contribution in [0.25, 0.3) is 0 Å². The molecule has 12 heteroatoms. The number of amides is 6. The van der Waals surface area contributed by atoms with Crippen molar-refractivity contribution in [2.24, 2.45) is 0 Å². The Morgan fingerprint density at radius 2 is 0.419 bits per heavy atom. The first-order chi connectivity index (χ1) is 30.2. The second kappa shape index (κ2) is 20.9. The van der Waals surface area contributed by atoms with E-state index in [2.05, 4.69) is 31.9 Å². The number of anilines is 6. The quantitative estimate of drug-likeness (QED) is 0.0715. The van der Waals surface area contributed by atoms with Gasteiger partial charge in [-0.15, -0.1) is 0 Å². The van der Waals surface area contributed by atoms with Gasteiger partial charge in [-0.1, -0.05) is 68.4 Å². The van der Waals surface area contributed by atoms with Crippen LogP contribution in [0.2, 0.25) is 0 Å². The number of rotatable bonds is 12. The Balaban J connectivity index is 0.00000221. The molecule has 12 nitrogen and oxygen atoms in total. The molecular formula is C50H46N6O6. The van der Waals surface area contributed by atoms with Crippen molar-refractivity contribution >= 4 is 69.6 Å². The molecule has 0 aliphatic heterocycles. The van der Waals surface area contributed by atoms with Gasteiger partial charge in [0.1, 0.15) is 0 Å². The highest BCUT2D eigenvalue weighted by Gasteiger charge is 2.18. The Hall–Kier alpha value is -8.64. The number of hydrogen-bond donors (Lipinski definition) is 6. The minimum absolute atomic E-state index is 0. The summed E-state index contributed by atoms with van der Waals surface area (Å²) in [5.74, 6) is -2.66. The summed E-state index contributed by atoms with van der Waals surface area (Å²) >= 11 is 0. The van der Waals surface area contributed by atoms with Crippen molar-refractivity contribution in [2.45, 2.75) is 13.8 Å². The largest absolute Gasteiger partial charge is 0.322 e. The van der Waals surface area contributed by atoms with Crippen molar-refractivity contribution in [1.29, 1.82) is 0 Å². The smallest absolute Gasteiger partial charge is 0.255 e. The monoisotopic (exact) mass is 826 g/mol. The zero-order valence-electron chi connectivity index (χ0n) is 33.8. The van der Waals surface area contributed by atoms with Gasteiger partial charge in [0, 0.05) is 70.4 Å². The van der Waals surface area contributed by atoms with E-state index >= 15 is 0 Å². The van der Waals surface area contributed by atoms with Crippen LogP contribution in [0.1, 0.15) is 78.8 Å². The van der Waals surface area contributed by atoms with Gasteiger partial charge in [-0.25, -0.2) is 0 Å². The van der Waals surface area contributed by atoms with Crippen LogP contribution >= 0.6 is 0 Å². The molecule has 7 rings (SSSR count). The van der Waals surface area contributed by atoms with Crippen LogP contribution in [0.4, 0.5) is 34.1 Å². The van der Waals surface area contributed by atoms with E-state index in [1.807, 2.05) is 32.0 Å². The molecule has 312 valence electrons. The summed E-state index contributed by atoms with van der Waals surface area (Å²) in [4.78, 5) is 78.8. The molecule has 0 spiro atoms. The van der Waals surface area contributed by atoms with E-state index in [1.165, 1.54) is 18.2 Å². The van der Waals surface area contributed by atoms with Crippen molar-refractivity contribution in [3.63, 3.8) is 0 Å². The zero-order chi connectivity index (χ0) is 43.8. The molecule has 6 amide bonds. The summed E-state index contributed by atoms with van der Waals surface area (Å²) < 4.78 is 0. The molecule has 0 radical (unpaired) electrons. The molecule has 0 bridgehead atoms. The van der Waals surface area contributed by atoms with Gasteiger partial charge < -0.3 is 31.9 Å². The summed E-state index contributed by atoms with van der Waals surface area (Å²) in [7, 11) is 0. The van der Waals surface area contributed by atoms with Gasteiger partial charge in [0.15, 0.2) is 0 Å². The lowest BCUT2D eigenvalue weighted by atomic mass is 10.0. The van der Waals surface area contributed by atoms with E-state index in [-0.39, 0.29) is 37.3 Å². The van der Waals surface area contributed by atoms with Crippen LogP contribution in [-0.4, -0.2) is 35.4 Å². The summed E-state index contributed by atoms with van der Waals surface area (Å²) in [6.45, 7) is 4.00. The highest BCUT2D eigenvalue weighted by Crippen LogP contribution is 2.22. The van der Waals surface area contributed by atoms with E-state index in [0.29, 0.717) is 50.8 Å². The molecule has 6 N–H and O–H groups in total. The van der Waals surface area contributed by atoms with Crippen molar-refractivity contribution in [3.05, 3.63) is 215 Å². The topological polar surface area (TPSA) is 175 Å². The van der Waals surface area contributed by atoms with Crippen LogP contribution in [0.5, 0.6) is 0 Å². The van der Waals surface area contributed by atoms with Crippen LogP contribution < -0.4 is 31.9 Å². The van der Waals surface area contributed by atoms with Crippen LogP contribution in [0.15, 0.2) is 182 Å². The number of carbonyl (C=O) groups excluding carboxylic acids is 6. The summed E-state index contributed by atoms with van der Waals surface area (Å²) in [6, 6.07) is 49.8. The lowest BCUT2D eigenvalue weighted by molar-refractivity contribution is 0.101. The van der Waals surface area contributed by atoms with Gasteiger partial charge in [-0.05, 0) is 127 Å². The Morgan fingerprint density at radius 3 is 0.597 bits per heavy atom. The fourth-order valence-electron chi connectivity index (χ4n) is 5.92. The number of hydrogen-bond acceptors (Lipinski definition) is 6. The summed E-state index contributed by atoms with van der Waals surface area (Å²) in [5, 5.41) is 16.8. The van der Waals surface area contributed by atoms with Crippen molar-refractivity contribution < 1.29 is 31.6 Å². The maximum Gasteiger partial charge on any atom is 0.255 e. The van der Waals surface area contributed by atoms with Gasteiger partial charge in [-0.3, -0.25) is 28.8 Å². The third-order valence-corrected chi connectivity index (χ3v) is 9.03. The Morgan fingerprint density at radius 1 is 0.258 bits per heavy atom. The number of benzene rings is 7. The first-order valence-electron chi connectivity index (χ1n) is 19.7. The predicted molar refractivity (Wildman–Crippen MR) is 248 cm³/mol. The normalized spacial score (nSPS) is 10.2. The fraction of sp³-hybridized carbons (Fsp3) is 0.0400. The maximum atomic E-state index is 13.7. The van der Waals surface area contributed by atoms with Gasteiger partial charge in [0.05, 0.1) is 0 Å². The third-order valence-electron chi connectivity index (χ3n) is 9.03. The highest BCUT2D eigenvalue weighted by molar-refractivity contribution is 6.13. The molecule has 0 atom stereocenters. The van der Waals surface area contributed by atoms with E-state index in [1.54, 1.807) is 146 Å². The zero-order valence-corrected chi connectivity index (χ0v) is 33.8. The van der Waals surface area contributed by atoms with Crippen LogP contribution in [-0.2, 0) is 0 Å². The Kier molecular flexibility index (Phi) is 14.5. The first-order valence-corrected chi connectivity index (χ1v) is 19.7. The SMILES string of the molecule is CC.O=C(Nc1ccc(NC(=O)c2cc(C(=O)Nc3ccc(NC(=O)c4ccccc4)cc3)cc(C(=O)Nc3ccc(NC(=O)c4ccccc4)cc3)c2)cc1)c1ccccc1.[HH].[HH]. The molecule has 0 aliphatic carbocycles. The van der Waals surface area contributed by atoms with Gasteiger partial charge >= 0.3 is 0 Å². The van der Waals surface area contributed by atoms with Crippen LogP contribution in [0.3, 0.4) is 0 Å². The van der Waals surface area contributed by atoms with Crippen molar-refractivity contribution in [3.8, 4) is 0 Å². The molecule has 0 unspecified atom stereocenters. The Labute approximate surface area is 361 Å². The lowest BCUT2D eigenvalue weighted by Gasteiger charge is -2.13. The van der Waals surface area contributed by atoms with Gasteiger partial charge in [0.2, 0.25) is 0 Å². The molecule has 0 saturated carbocycles. The molecule has 0 saturated heterocycles. The third kappa shape index (κ3) is 11.7. The standard InChI is InChI=1S/C48H36N6O6.C2H6.2H2/c55-43(31-10-4-1-5-11-31)49-37-16-22-40(23-17-37)52-46(58)34-28-35(47(59)53-41-24-18-38(19-25-41)50-44(56)32-12-6-2-7-13-32)30-36(29-34)48(60)54-42-26-20-39(21-27-42)51-45(57)33-14-8-3-9-15-33;1-2;;/h1-30H,(H,49,55)(H,50,56)(H,51,57)(H,52,58)(H,53,59)(H,54,60);1-2H3;2*1H. The number of nitrogens with one attached hydrogen (secondary N) is 6. The fourth-order valence-corrected chi connectivity index (χ4v) is 5.92. The Bertz CT molecular complexity index is 2380. The molecule has 0 aromatic heterocycles. The average Bonchev–Trinajstić information content (AvgIpc) is 3.32.